The average molecular weight is 538 g/mol. The van der Waals surface area contributed by atoms with E-state index in [1.165, 1.54) is 48.5 Å². The number of halogens is 5. The SMILES string of the molecule is NS(=O)(=O)c1ccc(NC(=O)Cc2ccc(Cl)c(Oc3cc(Cl)cc(Cl)c3Cl)c2F)cc1. The van der Waals surface area contributed by atoms with Gasteiger partial charge in [-0.25, -0.2) is 17.9 Å². The van der Waals surface area contributed by atoms with Crippen molar-refractivity contribution in [1.82, 2.24) is 0 Å². The quantitative estimate of drug-likeness (QED) is 0.373. The highest BCUT2D eigenvalue weighted by atomic mass is 35.5. The molecule has 0 aliphatic carbocycles. The zero-order valence-electron chi connectivity index (χ0n) is 15.8. The van der Waals surface area contributed by atoms with Gasteiger partial charge in [0, 0.05) is 22.3 Å². The van der Waals surface area contributed by atoms with Gasteiger partial charge in [0.1, 0.15) is 10.8 Å². The maximum Gasteiger partial charge on any atom is 0.238 e. The lowest BCUT2D eigenvalue weighted by atomic mass is 10.1. The van der Waals surface area contributed by atoms with Crippen LogP contribution in [0.5, 0.6) is 11.5 Å². The Morgan fingerprint density at radius 2 is 1.66 bits per heavy atom. The third-order valence-corrected chi connectivity index (χ3v) is 6.35. The molecular formula is C20H13Cl4FN2O4S. The van der Waals surface area contributed by atoms with Crippen molar-refractivity contribution in [1.29, 1.82) is 0 Å². The van der Waals surface area contributed by atoms with Crippen LogP contribution in [-0.4, -0.2) is 14.3 Å². The molecule has 0 heterocycles. The molecule has 1 amide bonds. The van der Waals surface area contributed by atoms with Gasteiger partial charge in [-0.3, -0.25) is 4.79 Å². The Kier molecular flexibility index (Phi) is 7.54. The van der Waals surface area contributed by atoms with Crippen LogP contribution in [0.15, 0.2) is 53.4 Å². The smallest absolute Gasteiger partial charge is 0.238 e. The first kappa shape index (κ1) is 24.6. The molecule has 12 heteroatoms. The molecule has 3 aromatic rings. The number of ether oxygens (including phenoxy) is 1. The Morgan fingerprint density at radius 1 is 1.00 bits per heavy atom. The topological polar surface area (TPSA) is 98.5 Å². The van der Waals surface area contributed by atoms with E-state index in [9.17, 15) is 13.2 Å². The molecule has 6 nitrogen and oxygen atoms in total. The summed E-state index contributed by atoms with van der Waals surface area (Å²) in [7, 11) is -3.86. The second-order valence-electron chi connectivity index (χ2n) is 6.45. The first-order chi connectivity index (χ1) is 15.0. The number of rotatable bonds is 6. The van der Waals surface area contributed by atoms with E-state index in [0.717, 1.165) is 0 Å². The predicted octanol–water partition coefficient (Wildman–Crippen LogP) is 6.06. The number of primary sulfonamides is 1. The van der Waals surface area contributed by atoms with Crippen LogP contribution in [0, 0.1) is 5.82 Å². The van der Waals surface area contributed by atoms with Gasteiger partial charge in [-0.15, -0.1) is 0 Å². The molecule has 3 aromatic carbocycles. The molecule has 0 atom stereocenters. The Balaban J connectivity index is 1.80. The molecular weight excluding hydrogens is 525 g/mol. The number of sulfonamides is 1. The van der Waals surface area contributed by atoms with Crippen LogP contribution in [0.25, 0.3) is 0 Å². The van der Waals surface area contributed by atoms with E-state index in [1.54, 1.807) is 0 Å². The number of carbonyl (C=O) groups is 1. The largest absolute Gasteiger partial charge is 0.451 e. The molecule has 0 aromatic heterocycles. The van der Waals surface area contributed by atoms with Crippen LogP contribution in [0.4, 0.5) is 10.1 Å². The average Bonchev–Trinajstić information content (AvgIpc) is 2.70. The van der Waals surface area contributed by atoms with Gasteiger partial charge in [-0.05, 0) is 36.4 Å². The van der Waals surface area contributed by atoms with Gasteiger partial charge in [0.05, 0.1) is 21.4 Å². The summed E-state index contributed by atoms with van der Waals surface area (Å²) >= 11 is 24.0. The molecule has 0 saturated heterocycles. The van der Waals surface area contributed by atoms with Gasteiger partial charge in [-0.2, -0.15) is 0 Å². The van der Waals surface area contributed by atoms with Crippen molar-refractivity contribution in [2.75, 3.05) is 5.32 Å². The Morgan fingerprint density at radius 3 is 2.28 bits per heavy atom. The van der Waals surface area contributed by atoms with E-state index in [4.69, 9.17) is 56.3 Å². The first-order valence-electron chi connectivity index (χ1n) is 8.67. The number of hydrogen-bond acceptors (Lipinski definition) is 4. The van der Waals surface area contributed by atoms with E-state index in [2.05, 4.69) is 5.32 Å². The summed E-state index contributed by atoms with van der Waals surface area (Å²) in [5.74, 6) is -1.80. The molecule has 0 aliphatic rings. The van der Waals surface area contributed by atoms with Crippen molar-refractivity contribution in [2.45, 2.75) is 11.3 Å². The van der Waals surface area contributed by atoms with Gasteiger partial charge >= 0.3 is 0 Å². The molecule has 168 valence electrons. The fourth-order valence-corrected chi connectivity index (χ4v) is 3.95. The van der Waals surface area contributed by atoms with Crippen LogP contribution in [-0.2, 0) is 21.2 Å². The minimum atomic E-state index is -3.86. The highest BCUT2D eigenvalue weighted by molar-refractivity contribution is 7.89. The summed E-state index contributed by atoms with van der Waals surface area (Å²) in [5.41, 5.74) is 0.292. The van der Waals surface area contributed by atoms with Crippen LogP contribution >= 0.6 is 46.4 Å². The Labute approximate surface area is 203 Å². The van der Waals surface area contributed by atoms with Gasteiger partial charge < -0.3 is 10.1 Å². The van der Waals surface area contributed by atoms with Crippen molar-refractivity contribution in [3.8, 4) is 11.5 Å². The van der Waals surface area contributed by atoms with Crippen molar-refractivity contribution in [3.05, 3.63) is 80.0 Å². The Hall–Kier alpha value is -2.07. The van der Waals surface area contributed by atoms with Crippen molar-refractivity contribution in [3.63, 3.8) is 0 Å². The molecule has 3 rings (SSSR count). The fourth-order valence-electron chi connectivity index (χ4n) is 2.63. The molecule has 32 heavy (non-hydrogen) atoms. The highest BCUT2D eigenvalue weighted by Crippen LogP contribution is 2.41. The molecule has 0 fully saturated rings. The van der Waals surface area contributed by atoms with Gasteiger partial charge in [-0.1, -0.05) is 52.5 Å². The second kappa shape index (κ2) is 9.82. The van der Waals surface area contributed by atoms with Gasteiger partial charge in [0.2, 0.25) is 15.9 Å². The highest BCUT2D eigenvalue weighted by Gasteiger charge is 2.19. The summed E-state index contributed by atoms with van der Waals surface area (Å²) < 4.78 is 43.2. The van der Waals surface area contributed by atoms with Crippen molar-refractivity contribution in [2.24, 2.45) is 5.14 Å². The lowest BCUT2D eigenvalue weighted by molar-refractivity contribution is -0.115. The molecule has 3 N–H and O–H groups in total. The minimum absolute atomic E-state index is 0.00713. The van der Waals surface area contributed by atoms with Crippen molar-refractivity contribution < 1.29 is 22.3 Å². The summed E-state index contributed by atoms with van der Waals surface area (Å²) in [6.07, 6.45) is -0.361. The van der Waals surface area contributed by atoms with Crippen LogP contribution in [0.1, 0.15) is 5.56 Å². The van der Waals surface area contributed by atoms with Gasteiger partial charge in [0.25, 0.3) is 0 Å². The third kappa shape index (κ3) is 5.83. The molecule has 0 unspecified atom stereocenters. The number of anilines is 1. The molecule has 0 aliphatic heterocycles. The molecule has 0 radical (unpaired) electrons. The maximum atomic E-state index is 15.1. The zero-order chi connectivity index (χ0) is 23.6. The molecule has 0 spiro atoms. The number of nitrogens with one attached hydrogen (secondary N) is 1. The normalized spacial score (nSPS) is 11.3. The molecule has 0 bridgehead atoms. The lowest BCUT2D eigenvalue weighted by Crippen LogP contribution is -2.16. The number of carbonyl (C=O) groups excluding carboxylic acids is 1. The van der Waals surface area contributed by atoms with Crippen LogP contribution in [0.3, 0.4) is 0 Å². The minimum Gasteiger partial charge on any atom is -0.451 e. The van der Waals surface area contributed by atoms with E-state index in [1.807, 2.05) is 0 Å². The van der Waals surface area contributed by atoms with E-state index in [0.29, 0.717) is 5.69 Å². The van der Waals surface area contributed by atoms with E-state index >= 15 is 4.39 Å². The van der Waals surface area contributed by atoms with Crippen LogP contribution < -0.4 is 15.2 Å². The fraction of sp³-hybridized carbons (Fsp3) is 0.0500. The second-order valence-corrected chi connectivity index (χ2v) is 9.64. The van der Waals surface area contributed by atoms with Gasteiger partial charge in [0.15, 0.2) is 11.6 Å². The molecule has 0 saturated carbocycles. The monoisotopic (exact) mass is 536 g/mol. The first-order valence-corrected chi connectivity index (χ1v) is 11.7. The summed E-state index contributed by atoms with van der Waals surface area (Å²) in [6, 6.07) is 10.6. The Bertz CT molecular complexity index is 1300. The zero-order valence-corrected chi connectivity index (χ0v) is 19.7. The van der Waals surface area contributed by atoms with Crippen molar-refractivity contribution >= 4 is 68.0 Å². The summed E-state index contributed by atoms with van der Waals surface area (Å²) in [5, 5.41) is 7.84. The third-order valence-electron chi connectivity index (χ3n) is 4.12. The number of nitrogens with two attached hydrogens (primary N) is 1. The van der Waals surface area contributed by atoms with E-state index < -0.39 is 21.7 Å². The summed E-state index contributed by atoms with van der Waals surface area (Å²) in [4.78, 5) is 12.3. The standard InChI is InChI=1S/C20H13Cl4FN2O4S/c21-11-8-15(23)18(24)16(9-11)31-20-14(22)6-1-10(19(20)25)7-17(28)27-12-2-4-13(5-3-12)32(26,29)30/h1-6,8-9H,7H2,(H,27,28)(H2,26,29,30). The summed E-state index contributed by atoms with van der Waals surface area (Å²) in [6.45, 7) is 0. The number of benzene rings is 3. The number of amides is 1. The van der Waals surface area contributed by atoms with Crippen LogP contribution in [0.2, 0.25) is 20.1 Å². The number of hydrogen-bond donors (Lipinski definition) is 2. The maximum absolute atomic E-state index is 15.1. The lowest BCUT2D eigenvalue weighted by Gasteiger charge is -2.14. The van der Waals surface area contributed by atoms with E-state index in [-0.39, 0.29) is 48.5 Å². The predicted molar refractivity (Wildman–Crippen MR) is 123 cm³/mol.